The molecular weight excluding hydrogens is 330 g/mol. The van der Waals surface area contributed by atoms with Crippen molar-refractivity contribution in [3.05, 3.63) is 24.0 Å². The summed E-state index contributed by atoms with van der Waals surface area (Å²) in [5.41, 5.74) is 1.88. The summed E-state index contributed by atoms with van der Waals surface area (Å²) in [6.45, 7) is 7.04. The molecule has 1 aromatic heterocycles. The van der Waals surface area contributed by atoms with E-state index in [0.717, 1.165) is 36.4 Å². The Hall–Kier alpha value is -1.79. The van der Waals surface area contributed by atoms with E-state index < -0.39 is 11.7 Å². The monoisotopic (exact) mass is 351 g/mol. The Morgan fingerprint density at radius 3 is 2.83 bits per heavy atom. The van der Waals surface area contributed by atoms with Crippen molar-refractivity contribution in [2.75, 3.05) is 11.9 Å². The largest absolute Gasteiger partial charge is 0.444 e. The molecule has 0 radical (unpaired) electrons. The third-order valence-corrected chi connectivity index (χ3v) is 4.01. The van der Waals surface area contributed by atoms with Gasteiger partial charge in [0.15, 0.2) is 0 Å². The number of alkyl halides is 1. The molecule has 1 saturated heterocycles. The number of halogens is 1. The van der Waals surface area contributed by atoms with E-state index in [0.29, 0.717) is 11.6 Å². The highest BCUT2D eigenvalue weighted by Gasteiger charge is 2.22. The molecule has 1 N–H and O–H groups in total. The minimum atomic E-state index is -0.537. The van der Waals surface area contributed by atoms with Gasteiger partial charge in [0.25, 0.3) is 0 Å². The maximum Gasteiger partial charge on any atom is 0.412 e. The summed E-state index contributed by atoms with van der Waals surface area (Å²) >= 11 is 6.03. The summed E-state index contributed by atoms with van der Waals surface area (Å²) in [6.07, 6.45) is 0.797. The molecule has 24 heavy (non-hydrogen) atoms. The van der Waals surface area contributed by atoms with Crippen LogP contribution in [0.25, 0.3) is 11.0 Å². The van der Waals surface area contributed by atoms with Crippen molar-refractivity contribution in [1.29, 1.82) is 0 Å². The molecule has 1 aliphatic heterocycles. The number of fused-ring (bicyclic) bond motifs is 1. The van der Waals surface area contributed by atoms with Crippen LogP contribution in [0.15, 0.2) is 18.2 Å². The fraction of sp³-hybridized carbons (Fsp3) is 0.529. The number of hydrogen-bond donors (Lipinski definition) is 1. The van der Waals surface area contributed by atoms with Gasteiger partial charge in [0.1, 0.15) is 11.4 Å². The molecule has 1 fully saturated rings. The smallest absolute Gasteiger partial charge is 0.412 e. The lowest BCUT2D eigenvalue weighted by atomic mass is 10.2. The van der Waals surface area contributed by atoms with Gasteiger partial charge in [-0.15, -0.1) is 11.6 Å². The number of amides is 1. The highest BCUT2D eigenvalue weighted by molar-refractivity contribution is 6.16. The fourth-order valence-corrected chi connectivity index (χ4v) is 2.82. The fourth-order valence-electron chi connectivity index (χ4n) is 2.62. The van der Waals surface area contributed by atoms with Gasteiger partial charge < -0.3 is 14.0 Å². The van der Waals surface area contributed by atoms with Gasteiger partial charge in [0, 0.05) is 12.3 Å². The molecule has 2 aromatic rings. The molecule has 0 spiro atoms. The molecule has 6 nitrogen and oxygen atoms in total. The highest BCUT2D eigenvalue weighted by atomic mass is 35.5. The summed E-state index contributed by atoms with van der Waals surface area (Å²) in [6, 6.07) is 5.60. The van der Waals surface area contributed by atoms with Crippen LogP contribution in [0.2, 0.25) is 0 Å². The maximum absolute atomic E-state index is 11.9. The number of nitrogens with one attached hydrogen (secondary N) is 1. The molecule has 1 amide bonds. The van der Waals surface area contributed by atoms with Crippen LogP contribution >= 0.6 is 11.6 Å². The van der Waals surface area contributed by atoms with Crippen LogP contribution in [0.3, 0.4) is 0 Å². The van der Waals surface area contributed by atoms with Crippen molar-refractivity contribution >= 4 is 34.4 Å². The first-order valence-electron chi connectivity index (χ1n) is 8.02. The zero-order chi connectivity index (χ0) is 17.3. The number of ether oxygens (including phenoxy) is 2. The second-order valence-corrected chi connectivity index (χ2v) is 7.15. The maximum atomic E-state index is 11.9. The molecule has 130 valence electrons. The summed E-state index contributed by atoms with van der Waals surface area (Å²) in [7, 11) is 0. The number of rotatable bonds is 4. The first-order valence-corrected chi connectivity index (χ1v) is 8.56. The number of carbonyl (C=O) groups is 1. The molecule has 1 aromatic carbocycles. The van der Waals surface area contributed by atoms with Crippen LogP contribution in [0, 0.1) is 0 Å². The average Bonchev–Trinajstić information content (AvgIpc) is 2.77. The number of imidazole rings is 1. The van der Waals surface area contributed by atoms with Crippen molar-refractivity contribution in [2.45, 2.75) is 51.3 Å². The second-order valence-electron chi connectivity index (χ2n) is 6.88. The standard InChI is InChI=1S/C17H22ClN3O3/c1-17(2,3)24-16(22)19-11-4-5-14-13(8-11)20-15(9-18)21(14)10-12-6-7-23-12/h4-5,8,12H,6-7,9-10H2,1-3H3,(H,19,22)/t12-/m0/s1. The molecule has 1 atom stereocenters. The first-order chi connectivity index (χ1) is 11.4. The number of hydrogen-bond acceptors (Lipinski definition) is 4. The van der Waals surface area contributed by atoms with Crippen LogP contribution in [0.5, 0.6) is 0 Å². The minimum Gasteiger partial charge on any atom is -0.444 e. The van der Waals surface area contributed by atoms with E-state index in [2.05, 4.69) is 14.9 Å². The minimum absolute atomic E-state index is 0.226. The Labute approximate surface area is 146 Å². The van der Waals surface area contributed by atoms with E-state index in [9.17, 15) is 4.79 Å². The molecule has 2 heterocycles. The van der Waals surface area contributed by atoms with E-state index in [1.54, 1.807) is 0 Å². The third-order valence-electron chi connectivity index (χ3n) is 3.77. The SMILES string of the molecule is CC(C)(C)OC(=O)Nc1ccc2c(c1)nc(CCl)n2C[C@@H]1CCO1. The van der Waals surface area contributed by atoms with E-state index in [1.165, 1.54) is 0 Å². The predicted molar refractivity (Wildman–Crippen MR) is 93.5 cm³/mol. The van der Waals surface area contributed by atoms with Crippen molar-refractivity contribution in [1.82, 2.24) is 9.55 Å². The topological polar surface area (TPSA) is 65.4 Å². The average molecular weight is 352 g/mol. The van der Waals surface area contributed by atoms with Gasteiger partial charge in [0.05, 0.1) is 29.6 Å². The van der Waals surface area contributed by atoms with Crippen molar-refractivity contribution in [3.63, 3.8) is 0 Å². The zero-order valence-electron chi connectivity index (χ0n) is 14.1. The number of aromatic nitrogens is 2. The van der Waals surface area contributed by atoms with Gasteiger partial charge in [-0.3, -0.25) is 5.32 Å². The van der Waals surface area contributed by atoms with Crippen molar-refractivity contribution in [3.8, 4) is 0 Å². The predicted octanol–water partition coefficient (Wildman–Crippen LogP) is 3.91. The van der Waals surface area contributed by atoms with Gasteiger partial charge in [-0.05, 0) is 45.4 Å². The molecule has 0 aliphatic carbocycles. The molecule has 0 bridgehead atoms. The van der Waals surface area contributed by atoms with E-state index >= 15 is 0 Å². The van der Waals surface area contributed by atoms with Crippen LogP contribution in [-0.4, -0.2) is 34.0 Å². The Bertz CT molecular complexity index is 747. The molecule has 0 unspecified atom stereocenters. The summed E-state index contributed by atoms with van der Waals surface area (Å²) in [4.78, 5) is 16.5. The van der Waals surface area contributed by atoms with Crippen molar-refractivity contribution < 1.29 is 14.3 Å². The number of benzene rings is 1. The van der Waals surface area contributed by atoms with Crippen LogP contribution in [0.4, 0.5) is 10.5 Å². The van der Waals surface area contributed by atoms with E-state index in [1.807, 2.05) is 39.0 Å². The molecule has 0 saturated carbocycles. The Balaban J connectivity index is 1.82. The zero-order valence-corrected chi connectivity index (χ0v) is 14.9. The number of nitrogens with zero attached hydrogens (tertiary/aromatic N) is 2. The number of anilines is 1. The molecule has 7 heteroatoms. The van der Waals surface area contributed by atoms with Crippen LogP contribution in [-0.2, 0) is 21.9 Å². The quantitative estimate of drug-likeness (QED) is 0.848. The lowest BCUT2D eigenvalue weighted by Gasteiger charge is -2.27. The van der Waals surface area contributed by atoms with E-state index in [4.69, 9.17) is 21.1 Å². The summed E-state index contributed by atoms with van der Waals surface area (Å²) < 4.78 is 12.9. The lowest BCUT2D eigenvalue weighted by Crippen LogP contribution is -2.31. The van der Waals surface area contributed by atoms with Crippen LogP contribution < -0.4 is 5.32 Å². The van der Waals surface area contributed by atoms with Crippen molar-refractivity contribution in [2.24, 2.45) is 0 Å². The summed E-state index contributed by atoms with van der Waals surface area (Å²) in [5.74, 6) is 1.13. The summed E-state index contributed by atoms with van der Waals surface area (Å²) in [5, 5.41) is 2.73. The Morgan fingerprint density at radius 1 is 1.50 bits per heavy atom. The van der Waals surface area contributed by atoms with Crippen LogP contribution in [0.1, 0.15) is 33.0 Å². The third kappa shape index (κ3) is 3.82. The van der Waals surface area contributed by atoms with Gasteiger partial charge in [0.2, 0.25) is 0 Å². The first kappa shape index (κ1) is 17.0. The van der Waals surface area contributed by atoms with Gasteiger partial charge >= 0.3 is 6.09 Å². The lowest BCUT2D eigenvalue weighted by molar-refractivity contribution is -0.0589. The second kappa shape index (κ2) is 6.61. The Morgan fingerprint density at radius 2 is 2.25 bits per heavy atom. The van der Waals surface area contributed by atoms with Gasteiger partial charge in [-0.1, -0.05) is 0 Å². The normalized spacial score (nSPS) is 17.6. The Kier molecular flexibility index (Phi) is 4.69. The van der Waals surface area contributed by atoms with Gasteiger partial charge in [-0.25, -0.2) is 9.78 Å². The van der Waals surface area contributed by atoms with Gasteiger partial charge in [-0.2, -0.15) is 0 Å². The highest BCUT2D eigenvalue weighted by Crippen LogP contribution is 2.24. The molecular formula is C17H22ClN3O3. The van der Waals surface area contributed by atoms with E-state index in [-0.39, 0.29) is 6.10 Å². The number of carbonyl (C=O) groups excluding carboxylic acids is 1. The molecule has 3 rings (SSSR count). The molecule has 1 aliphatic rings.